The number of nitrogens with zero attached hydrogens (tertiary/aromatic N) is 5. The Morgan fingerprint density at radius 3 is 2.91 bits per heavy atom. The van der Waals surface area contributed by atoms with Crippen LogP contribution in [0.1, 0.15) is 30.3 Å². The Hall–Kier alpha value is -3.93. The predicted octanol–water partition coefficient (Wildman–Crippen LogP) is 3.71. The molecule has 0 bridgehead atoms. The van der Waals surface area contributed by atoms with Crippen molar-refractivity contribution in [3.05, 3.63) is 53.1 Å². The van der Waals surface area contributed by atoms with Crippen LogP contribution in [0, 0.1) is 31.0 Å². The van der Waals surface area contributed by atoms with Crippen LogP contribution in [0.3, 0.4) is 0 Å². The summed E-state index contributed by atoms with van der Waals surface area (Å²) in [6.45, 7) is 7.12. The van der Waals surface area contributed by atoms with Gasteiger partial charge >= 0.3 is 0 Å². The first-order valence-corrected chi connectivity index (χ1v) is 10.7. The summed E-state index contributed by atoms with van der Waals surface area (Å²) < 4.78 is 20.2. The number of nitrogens with one attached hydrogen (secondary N) is 1. The van der Waals surface area contributed by atoms with Gasteiger partial charge < -0.3 is 20.1 Å². The lowest BCUT2D eigenvalue weighted by molar-refractivity contribution is 0.211. The molecule has 0 saturated carbocycles. The van der Waals surface area contributed by atoms with Gasteiger partial charge in [0.2, 0.25) is 0 Å². The Morgan fingerprint density at radius 2 is 2.12 bits per heavy atom. The molecule has 8 nitrogen and oxygen atoms in total. The zero-order valence-corrected chi connectivity index (χ0v) is 18.6. The lowest BCUT2D eigenvalue weighted by atomic mass is 9.95. The van der Waals surface area contributed by atoms with Crippen molar-refractivity contribution < 1.29 is 14.2 Å². The summed E-state index contributed by atoms with van der Waals surface area (Å²) in [5, 5.41) is 31.2. The second-order valence-corrected chi connectivity index (χ2v) is 8.85. The molecule has 2 aliphatic rings. The smallest absolute Gasteiger partial charge is 0.172 e. The molecule has 1 aromatic carbocycles. The molecule has 2 aromatic heterocycles. The Bertz CT molecular complexity index is 1310. The molecule has 1 fully saturated rings. The quantitative estimate of drug-likeness (QED) is 0.627. The predicted molar refractivity (Wildman–Crippen MR) is 121 cm³/mol. The number of aromatic hydroxyl groups is 1. The number of rotatable bonds is 3. The number of hydrogen-bond donors (Lipinski definition) is 2. The van der Waals surface area contributed by atoms with Gasteiger partial charge in [0.25, 0.3) is 0 Å². The summed E-state index contributed by atoms with van der Waals surface area (Å²) in [7, 11) is 0. The van der Waals surface area contributed by atoms with Crippen LogP contribution in [0.5, 0.6) is 11.5 Å². The number of hydrogen-bond acceptors (Lipinski definition) is 8. The molecule has 5 rings (SSSR count). The summed E-state index contributed by atoms with van der Waals surface area (Å²) in [4.78, 5) is 6.59. The summed E-state index contributed by atoms with van der Waals surface area (Å²) in [6, 6.07) is 10.1. The van der Waals surface area contributed by atoms with Crippen molar-refractivity contribution in [2.45, 2.75) is 38.8 Å². The van der Waals surface area contributed by atoms with Crippen LogP contribution in [0.2, 0.25) is 0 Å². The van der Waals surface area contributed by atoms with E-state index in [2.05, 4.69) is 38.4 Å². The molecule has 33 heavy (non-hydrogen) atoms. The number of anilines is 2. The zero-order chi connectivity index (χ0) is 23.3. The normalized spacial score (nSPS) is 21.1. The number of phenolic OH excluding ortho intramolecular Hbond substituents is 1. The van der Waals surface area contributed by atoms with Gasteiger partial charge in [-0.15, -0.1) is 10.2 Å². The van der Waals surface area contributed by atoms with Crippen LogP contribution in [0.4, 0.5) is 15.9 Å². The summed E-state index contributed by atoms with van der Waals surface area (Å²) in [6.07, 6.45) is 0.663. The average Bonchev–Trinajstić information content (AvgIpc) is 3.14. The van der Waals surface area contributed by atoms with Crippen molar-refractivity contribution in [2.75, 3.05) is 23.3 Å². The van der Waals surface area contributed by atoms with E-state index in [1.165, 1.54) is 12.1 Å². The Kier molecular flexibility index (Phi) is 4.81. The number of para-hydroxylation sites is 1. The molecule has 1 saturated heterocycles. The second-order valence-electron chi connectivity index (χ2n) is 8.85. The average molecular weight is 446 g/mol. The van der Waals surface area contributed by atoms with Gasteiger partial charge in [-0.05, 0) is 50.6 Å². The zero-order valence-electron chi connectivity index (χ0n) is 18.6. The second kappa shape index (κ2) is 7.59. The van der Waals surface area contributed by atoms with Crippen LogP contribution < -0.4 is 15.0 Å². The Labute approximate surface area is 190 Å². The fraction of sp³-hybridized carbons (Fsp3) is 0.333. The maximum absolute atomic E-state index is 13.9. The van der Waals surface area contributed by atoms with E-state index in [-0.39, 0.29) is 11.6 Å². The molecule has 4 heterocycles. The van der Waals surface area contributed by atoms with E-state index < -0.39 is 11.6 Å². The highest BCUT2D eigenvalue weighted by molar-refractivity contribution is 5.77. The largest absolute Gasteiger partial charge is 0.504 e. The molecule has 0 radical (unpaired) electrons. The Morgan fingerprint density at radius 1 is 1.30 bits per heavy atom. The number of phenols is 1. The summed E-state index contributed by atoms with van der Waals surface area (Å²) in [5.41, 5.74) is 3.14. The molecule has 9 heteroatoms. The van der Waals surface area contributed by atoms with Gasteiger partial charge in [0.1, 0.15) is 23.6 Å². The van der Waals surface area contributed by atoms with E-state index in [0.717, 1.165) is 17.7 Å². The first kappa shape index (κ1) is 20.9. The van der Waals surface area contributed by atoms with Crippen LogP contribution in [-0.2, 0) is 0 Å². The molecular formula is C24H23FN6O2. The molecule has 2 aliphatic heterocycles. The number of halogens is 1. The van der Waals surface area contributed by atoms with Crippen LogP contribution in [-0.4, -0.2) is 45.0 Å². The fourth-order valence-electron chi connectivity index (χ4n) is 4.66. The van der Waals surface area contributed by atoms with E-state index in [0.29, 0.717) is 47.3 Å². The third kappa shape index (κ3) is 3.48. The molecule has 168 valence electrons. The lowest BCUT2D eigenvalue weighted by Gasteiger charge is -2.41. The lowest BCUT2D eigenvalue weighted by Crippen LogP contribution is -2.50. The van der Waals surface area contributed by atoms with Crippen LogP contribution in [0.25, 0.3) is 11.3 Å². The molecule has 0 unspecified atom stereocenters. The van der Waals surface area contributed by atoms with E-state index in [1.807, 2.05) is 26.0 Å². The van der Waals surface area contributed by atoms with Crippen molar-refractivity contribution >= 4 is 11.5 Å². The van der Waals surface area contributed by atoms with Crippen molar-refractivity contribution in [1.82, 2.24) is 15.2 Å². The number of ether oxygens (including phenoxy) is 1. The minimum atomic E-state index is -0.702. The first-order valence-electron chi connectivity index (χ1n) is 10.7. The van der Waals surface area contributed by atoms with Gasteiger partial charge in [0.15, 0.2) is 17.4 Å². The van der Waals surface area contributed by atoms with Gasteiger partial charge in [-0.1, -0.05) is 6.07 Å². The minimum Gasteiger partial charge on any atom is -0.504 e. The molecular weight excluding hydrogens is 423 g/mol. The third-order valence-corrected chi connectivity index (χ3v) is 6.43. The highest BCUT2D eigenvalue weighted by Gasteiger charge is 2.47. The van der Waals surface area contributed by atoms with E-state index in [1.54, 1.807) is 6.07 Å². The molecule has 0 spiro atoms. The number of nitriles is 1. The van der Waals surface area contributed by atoms with Crippen molar-refractivity contribution in [1.29, 1.82) is 5.26 Å². The maximum atomic E-state index is 13.9. The van der Waals surface area contributed by atoms with Crippen molar-refractivity contribution in [2.24, 2.45) is 0 Å². The van der Waals surface area contributed by atoms with Gasteiger partial charge in [-0.2, -0.15) is 5.26 Å². The molecule has 0 aliphatic carbocycles. The van der Waals surface area contributed by atoms with Gasteiger partial charge in [0.05, 0.1) is 29.2 Å². The van der Waals surface area contributed by atoms with Crippen molar-refractivity contribution in [3.8, 4) is 28.8 Å². The van der Waals surface area contributed by atoms with Crippen molar-refractivity contribution in [3.63, 3.8) is 0 Å². The Balaban J connectivity index is 1.46. The van der Waals surface area contributed by atoms with E-state index in [4.69, 9.17) is 4.74 Å². The molecule has 2 N–H and O–H groups in total. The standard InChI is InChI=1S/C24H23FN6O2/c1-13-7-21(14(2)28-19(13)10-26)33-15-9-24(3)12-27-23-20(31(24)11-15)8-18(29-30-23)16-5-4-6-17(25)22(16)32/h4-8,15,32H,9,11-12H2,1-3H3,(H,27,30)/t15-,24+/m1/s1. The van der Waals surface area contributed by atoms with Gasteiger partial charge in [-0.3, -0.25) is 0 Å². The van der Waals surface area contributed by atoms with Crippen LogP contribution >= 0.6 is 0 Å². The molecule has 0 amide bonds. The number of benzene rings is 1. The molecule has 3 aromatic rings. The monoisotopic (exact) mass is 446 g/mol. The number of aromatic nitrogens is 3. The molecule has 2 atom stereocenters. The highest BCUT2D eigenvalue weighted by Crippen LogP contribution is 2.44. The van der Waals surface area contributed by atoms with E-state index >= 15 is 0 Å². The number of fused-ring (bicyclic) bond motifs is 3. The SMILES string of the molecule is Cc1cc(O[C@H]2CN3c4cc(-c5cccc(F)c5O)nnc4NC[C@]3(C)C2)c(C)nc1C#N. The van der Waals surface area contributed by atoms with Crippen LogP contribution in [0.15, 0.2) is 30.3 Å². The first-order chi connectivity index (χ1) is 15.8. The fourth-order valence-corrected chi connectivity index (χ4v) is 4.66. The highest BCUT2D eigenvalue weighted by atomic mass is 19.1. The summed E-state index contributed by atoms with van der Waals surface area (Å²) in [5.74, 6) is 0.164. The maximum Gasteiger partial charge on any atom is 0.172 e. The minimum absolute atomic E-state index is 0.102. The third-order valence-electron chi connectivity index (χ3n) is 6.43. The number of pyridine rings is 1. The van der Waals surface area contributed by atoms with Gasteiger partial charge in [-0.25, -0.2) is 9.37 Å². The van der Waals surface area contributed by atoms with Gasteiger partial charge in [0, 0.05) is 18.5 Å². The number of aryl methyl sites for hydroxylation is 2. The van der Waals surface area contributed by atoms with E-state index in [9.17, 15) is 14.8 Å². The topological polar surface area (TPSA) is 107 Å². The summed E-state index contributed by atoms with van der Waals surface area (Å²) >= 11 is 0.